The number of halogens is 1. The fourth-order valence-corrected chi connectivity index (χ4v) is 3.03. The molecule has 0 aromatic heterocycles. The molecule has 0 spiro atoms. The molecule has 7 nitrogen and oxygen atoms in total. The van der Waals surface area contributed by atoms with Crippen molar-refractivity contribution in [1.82, 2.24) is 0 Å². The van der Waals surface area contributed by atoms with Gasteiger partial charge < -0.3 is 10.1 Å². The number of nitro benzene ring substituents is 1. The average molecular weight is 405 g/mol. The van der Waals surface area contributed by atoms with Crippen molar-refractivity contribution in [2.45, 2.75) is 18.9 Å². The van der Waals surface area contributed by atoms with Gasteiger partial charge in [-0.15, -0.1) is 0 Å². The number of nitro groups is 1. The standard InChI is InChI=1S/C17H13BrN2O5/c1-17(9-10-8-11(18)2-7-14(10)15(21)25-17)16(22)19-12-3-5-13(6-4-12)20(23)24/h2-8H,9H2,1H3,(H,19,22). The Morgan fingerprint density at radius 2 is 1.96 bits per heavy atom. The van der Waals surface area contributed by atoms with Crippen LogP contribution in [-0.4, -0.2) is 22.4 Å². The zero-order chi connectivity index (χ0) is 18.2. The molecule has 1 heterocycles. The molecule has 1 atom stereocenters. The summed E-state index contributed by atoms with van der Waals surface area (Å²) >= 11 is 3.35. The molecule has 25 heavy (non-hydrogen) atoms. The molecular weight excluding hydrogens is 392 g/mol. The number of carbonyl (C=O) groups is 2. The molecule has 0 saturated heterocycles. The number of amides is 1. The molecule has 1 aliphatic heterocycles. The second-order valence-electron chi connectivity index (χ2n) is 5.86. The quantitative estimate of drug-likeness (QED) is 0.479. The molecule has 1 amide bonds. The van der Waals surface area contributed by atoms with Crippen molar-refractivity contribution in [2.24, 2.45) is 0 Å². The maximum atomic E-state index is 12.6. The van der Waals surface area contributed by atoms with Gasteiger partial charge in [-0.2, -0.15) is 0 Å². The Kier molecular flexibility index (Phi) is 4.30. The number of fused-ring (bicyclic) bond motifs is 1. The van der Waals surface area contributed by atoms with E-state index in [-0.39, 0.29) is 12.1 Å². The van der Waals surface area contributed by atoms with Crippen LogP contribution >= 0.6 is 15.9 Å². The van der Waals surface area contributed by atoms with Crippen LogP contribution < -0.4 is 5.32 Å². The number of carbonyl (C=O) groups excluding carboxylic acids is 2. The number of hydrogen-bond donors (Lipinski definition) is 1. The molecule has 128 valence electrons. The van der Waals surface area contributed by atoms with E-state index >= 15 is 0 Å². The van der Waals surface area contributed by atoms with Crippen molar-refractivity contribution in [3.05, 3.63) is 68.2 Å². The number of nitrogens with zero attached hydrogens (tertiary/aromatic N) is 1. The maximum Gasteiger partial charge on any atom is 0.339 e. The predicted molar refractivity (Wildman–Crippen MR) is 93.4 cm³/mol. The number of hydrogen-bond acceptors (Lipinski definition) is 5. The molecule has 8 heteroatoms. The highest BCUT2D eigenvalue weighted by Gasteiger charge is 2.42. The molecule has 0 radical (unpaired) electrons. The lowest BCUT2D eigenvalue weighted by molar-refractivity contribution is -0.384. The minimum atomic E-state index is -1.37. The van der Waals surface area contributed by atoms with Gasteiger partial charge >= 0.3 is 5.97 Å². The Labute approximate surface area is 151 Å². The van der Waals surface area contributed by atoms with E-state index in [0.29, 0.717) is 16.8 Å². The lowest BCUT2D eigenvalue weighted by atomic mass is 9.89. The van der Waals surface area contributed by atoms with Crippen molar-refractivity contribution in [3.63, 3.8) is 0 Å². The van der Waals surface area contributed by atoms with Gasteiger partial charge in [0.2, 0.25) is 0 Å². The van der Waals surface area contributed by atoms with E-state index < -0.39 is 22.4 Å². The summed E-state index contributed by atoms with van der Waals surface area (Å²) in [6.07, 6.45) is 0.229. The number of non-ortho nitro benzene ring substituents is 1. The smallest absolute Gasteiger partial charge is 0.339 e. The molecule has 1 unspecified atom stereocenters. The number of nitrogens with one attached hydrogen (secondary N) is 1. The summed E-state index contributed by atoms with van der Waals surface area (Å²) in [6.45, 7) is 1.54. The van der Waals surface area contributed by atoms with E-state index in [2.05, 4.69) is 21.2 Å². The fraction of sp³-hybridized carbons (Fsp3) is 0.176. The van der Waals surface area contributed by atoms with Gasteiger partial charge in [0.1, 0.15) is 0 Å². The predicted octanol–water partition coefficient (Wildman–Crippen LogP) is 3.47. The van der Waals surface area contributed by atoms with Gasteiger partial charge in [-0.25, -0.2) is 4.79 Å². The van der Waals surface area contributed by atoms with Gasteiger partial charge in [-0.05, 0) is 42.8 Å². The molecule has 3 rings (SSSR count). The van der Waals surface area contributed by atoms with Crippen LogP contribution in [0.3, 0.4) is 0 Å². The zero-order valence-electron chi connectivity index (χ0n) is 13.1. The summed E-state index contributed by atoms with van der Waals surface area (Å²) in [6, 6.07) is 10.6. The van der Waals surface area contributed by atoms with E-state index in [0.717, 1.165) is 4.47 Å². The monoisotopic (exact) mass is 404 g/mol. The molecule has 0 fully saturated rings. The number of cyclic esters (lactones) is 1. The summed E-state index contributed by atoms with van der Waals surface area (Å²) in [5, 5.41) is 13.3. The second-order valence-corrected chi connectivity index (χ2v) is 6.77. The lowest BCUT2D eigenvalue weighted by Gasteiger charge is -2.33. The number of benzene rings is 2. The Hall–Kier alpha value is -2.74. The molecule has 0 bridgehead atoms. The normalized spacial score (nSPS) is 18.9. The lowest BCUT2D eigenvalue weighted by Crippen LogP contribution is -2.48. The summed E-state index contributed by atoms with van der Waals surface area (Å²) in [7, 11) is 0. The van der Waals surface area contributed by atoms with Crippen LogP contribution in [0.25, 0.3) is 0 Å². The van der Waals surface area contributed by atoms with Gasteiger partial charge in [-0.3, -0.25) is 14.9 Å². The second kappa shape index (κ2) is 6.29. The van der Waals surface area contributed by atoms with Gasteiger partial charge in [0, 0.05) is 28.7 Å². The number of esters is 1. The Morgan fingerprint density at radius 3 is 2.60 bits per heavy atom. The van der Waals surface area contributed by atoms with Crippen LogP contribution in [0.5, 0.6) is 0 Å². The van der Waals surface area contributed by atoms with E-state index in [1.807, 2.05) is 0 Å². The topological polar surface area (TPSA) is 98.5 Å². The first kappa shape index (κ1) is 17.1. The summed E-state index contributed by atoms with van der Waals surface area (Å²) in [5.74, 6) is -1.06. The first-order valence-electron chi connectivity index (χ1n) is 7.36. The Morgan fingerprint density at radius 1 is 1.28 bits per heavy atom. The minimum Gasteiger partial charge on any atom is -0.445 e. The third-order valence-electron chi connectivity index (χ3n) is 3.95. The van der Waals surface area contributed by atoms with E-state index in [1.165, 1.54) is 31.2 Å². The largest absolute Gasteiger partial charge is 0.445 e. The minimum absolute atomic E-state index is 0.0768. The summed E-state index contributed by atoms with van der Waals surface area (Å²) in [5.41, 5.74) is 0.0860. The average Bonchev–Trinajstić information content (AvgIpc) is 2.54. The van der Waals surface area contributed by atoms with Gasteiger partial charge in [0.25, 0.3) is 11.6 Å². The van der Waals surface area contributed by atoms with Gasteiger partial charge in [-0.1, -0.05) is 15.9 Å². The highest BCUT2D eigenvalue weighted by molar-refractivity contribution is 9.10. The highest BCUT2D eigenvalue weighted by atomic mass is 79.9. The van der Waals surface area contributed by atoms with Crippen LogP contribution in [0.4, 0.5) is 11.4 Å². The van der Waals surface area contributed by atoms with Crippen molar-refractivity contribution < 1.29 is 19.2 Å². The Balaban J connectivity index is 1.82. The SMILES string of the molecule is CC1(C(=O)Nc2ccc([N+](=O)[O-])cc2)Cc2cc(Br)ccc2C(=O)O1. The first-order valence-corrected chi connectivity index (χ1v) is 8.15. The molecular formula is C17H13BrN2O5. The molecule has 0 aliphatic carbocycles. The van der Waals surface area contributed by atoms with Crippen molar-refractivity contribution >= 4 is 39.2 Å². The number of ether oxygens (including phenoxy) is 1. The third-order valence-corrected chi connectivity index (χ3v) is 4.44. The van der Waals surface area contributed by atoms with Crippen LogP contribution in [0.2, 0.25) is 0 Å². The van der Waals surface area contributed by atoms with Crippen LogP contribution in [-0.2, 0) is 16.0 Å². The van der Waals surface area contributed by atoms with E-state index in [4.69, 9.17) is 4.74 Å². The van der Waals surface area contributed by atoms with E-state index in [1.54, 1.807) is 18.2 Å². The zero-order valence-corrected chi connectivity index (χ0v) is 14.7. The van der Waals surface area contributed by atoms with Crippen molar-refractivity contribution in [3.8, 4) is 0 Å². The van der Waals surface area contributed by atoms with E-state index in [9.17, 15) is 19.7 Å². The fourth-order valence-electron chi connectivity index (χ4n) is 2.62. The van der Waals surface area contributed by atoms with Crippen LogP contribution in [0.1, 0.15) is 22.8 Å². The third kappa shape index (κ3) is 3.39. The molecule has 1 N–H and O–H groups in total. The molecule has 2 aromatic rings. The summed E-state index contributed by atoms with van der Waals surface area (Å²) in [4.78, 5) is 35.0. The highest BCUT2D eigenvalue weighted by Crippen LogP contribution is 2.31. The Bertz CT molecular complexity index is 881. The molecule has 2 aromatic carbocycles. The van der Waals surface area contributed by atoms with Gasteiger partial charge in [0.15, 0.2) is 5.60 Å². The van der Waals surface area contributed by atoms with Crippen LogP contribution in [0.15, 0.2) is 46.9 Å². The van der Waals surface area contributed by atoms with Crippen LogP contribution in [0, 0.1) is 10.1 Å². The molecule has 0 saturated carbocycles. The van der Waals surface area contributed by atoms with Crippen molar-refractivity contribution in [2.75, 3.05) is 5.32 Å². The molecule has 1 aliphatic rings. The summed E-state index contributed by atoms with van der Waals surface area (Å²) < 4.78 is 6.17. The first-order chi connectivity index (χ1) is 11.8. The van der Waals surface area contributed by atoms with Gasteiger partial charge in [0.05, 0.1) is 10.5 Å². The van der Waals surface area contributed by atoms with Crippen molar-refractivity contribution in [1.29, 1.82) is 0 Å². The number of anilines is 1. The maximum absolute atomic E-state index is 12.6. The number of rotatable bonds is 3.